The lowest BCUT2D eigenvalue weighted by Gasteiger charge is -2.22. The molecule has 4 rings (SSSR count). The summed E-state index contributed by atoms with van der Waals surface area (Å²) in [6, 6.07) is 17.2. The van der Waals surface area contributed by atoms with Gasteiger partial charge in [-0.3, -0.25) is 4.98 Å². The maximum Gasteiger partial charge on any atom is 0.163 e. The molecule has 0 spiro atoms. The summed E-state index contributed by atoms with van der Waals surface area (Å²) in [7, 11) is 1.55. The molecule has 130 valence electrons. The van der Waals surface area contributed by atoms with Crippen LogP contribution in [0.3, 0.4) is 0 Å². The van der Waals surface area contributed by atoms with Crippen LogP contribution in [-0.4, -0.2) is 22.2 Å². The first-order valence-electron chi connectivity index (χ1n) is 8.36. The molecule has 5 heteroatoms. The van der Waals surface area contributed by atoms with Crippen molar-refractivity contribution >= 4 is 16.6 Å². The average Bonchev–Trinajstić information content (AvgIpc) is 3.11. The van der Waals surface area contributed by atoms with Crippen LogP contribution in [0.25, 0.3) is 10.9 Å². The maximum absolute atomic E-state index is 10.7. The summed E-state index contributed by atoms with van der Waals surface area (Å²) in [4.78, 5) is 7.48. The molecule has 1 unspecified atom stereocenters. The Hall–Kier alpha value is -3.47. The largest absolute Gasteiger partial charge is 0.504 e. The number of H-pyrrole nitrogens is 1. The number of phenols is 1. The van der Waals surface area contributed by atoms with Gasteiger partial charge in [-0.1, -0.05) is 30.3 Å². The minimum Gasteiger partial charge on any atom is -0.504 e. The van der Waals surface area contributed by atoms with E-state index in [1.807, 2.05) is 48.7 Å². The van der Waals surface area contributed by atoms with Crippen molar-refractivity contribution in [3.05, 3.63) is 84.3 Å². The van der Waals surface area contributed by atoms with Crippen LogP contribution >= 0.6 is 0 Å². The van der Waals surface area contributed by atoms with Crippen LogP contribution in [0, 0.1) is 0 Å². The third kappa shape index (κ3) is 2.84. The van der Waals surface area contributed by atoms with E-state index in [-0.39, 0.29) is 11.8 Å². The van der Waals surface area contributed by atoms with Crippen molar-refractivity contribution in [2.75, 3.05) is 12.4 Å². The zero-order valence-corrected chi connectivity index (χ0v) is 14.3. The van der Waals surface area contributed by atoms with Crippen molar-refractivity contribution in [2.24, 2.45) is 0 Å². The van der Waals surface area contributed by atoms with E-state index in [2.05, 4.69) is 21.4 Å². The molecule has 0 fully saturated rings. The van der Waals surface area contributed by atoms with Gasteiger partial charge in [0.25, 0.3) is 0 Å². The fourth-order valence-electron chi connectivity index (χ4n) is 3.21. The van der Waals surface area contributed by atoms with E-state index in [9.17, 15) is 5.11 Å². The lowest BCUT2D eigenvalue weighted by atomic mass is 9.96. The van der Waals surface area contributed by atoms with Gasteiger partial charge in [0.2, 0.25) is 0 Å². The molecular formula is C21H19N3O2. The Morgan fingerprint density at radius 1 is 1.04 bits per heavy atom. The van der Waals surface area contributed by atoms with Crippen molar-refractivity contribution in [1.29, 1.82) is 0 Å². The van der Waals surface area contributed by atoms with Crippen LogP contribution < -0.4 is 10.1 Å². The van der Waals surface area contributed by atoms with Crippen LogP contribution in [0.5, 0.6) is 11.5 Å². The van der Waals surface area contributed by atoms with Gasteiger partial charge >= 0.3 is 0 Å². The minimum absolute atomic E-state index is 0.127. The second-order valence-corrected chi connectivity index (χ2v) is 6.01. The van der Waals surface area contributed by atoms with Crippen LogP contribution in [-0.2, 0) is 0 Å². The molecule has 2 aromatic carbocycles. The van der Waals surface area contributed by atoms with Crippen LogP contribution in [0.4, 0.5) is 5.69 Å². The van der Waals surface area contributed by atoms with E-state index in [1.165, 1.54) is 0 Å². The molecule has 4 aromatic rings. The molecule has 0 aliphatic rings. The van der Waals surface area contributed by atoms with Gasteiger partial charge in [0.15, 0.2) is 11.5 Å². The number of hydrogen-bond acceptors (Lipinski definition) is 4. The Balaban J connectivity index is 1.87. The summed E-state index contributed by atoms with van der Waals surface area (Å²) in [5.41, 5.74) is 3.68. The highest BCUT2D eigenvalue weighted by molar-refractivity contribution is 5.84. The van der Waals surface area contributed by atoms with Crippen LogP contribution in [0.2, 0.25) is 0 Å². The number of aromatic nitrogens is 2. The van der Waals surface area contributed by atoms with E-state index in [0.29, 0.717) is 5.75 Å². The van der Waals surface area contributed by atoms with E-state index < -0.39 is 0 Å². The standard InChI is InChI=1S/C21H19N3O2/c1-26-19-10-4-8-16(21(19)25)20(24-14-6-5-11-22-12-14)17-13-23-18-9-3-2-7-15(17)18/h2-13,20,23-25H,1H3. The monoisotopic (exact) mass is 345 g/mol. The molecule has 0 radical (unpaired) electrons. The first-order valence-corrected chi connectivity index (χ1v) is 8.36. The molecule has 3 N–H and O–H groups in total. The fourth-order valence-corrected chi connectivity index (χ4v) is 3.21. The van der Waals surface area contributed by atoms with Crippen molar-refractivity contribution in [3.8, 4) is 11.5 Å². The number of rotatable bonds is 5. The highest BCUT2D eigenvalue weighted by Gasteiger charge is 2.22. The van der Waals surface area contributed by atoms with Crippen LogP contribution in [0.1, 0.15) is 17.2 Å². The number of aromatic amines is 1. The fraction of sp³-hybridized carbons (Fsp3) is 0.0952. The van der Waals surface area contributed by atoms with E-state index in [0.717, 1.165) is 27.7 Å². The molecular weight excluding hydrogens is 326 g/mol. The van der Waals surface area contributed by atoms with E-state index in [1.54, 1.807) is 25.6 Å². The normalized spacial score (nSPS) is 12.0. The molecule has 2 heterocycles. The number of ether oxygens (including phenoxy) is 1. The highest BCUT2D eigenvalue weighted by atomic mass is 16.5. The first-order chi connectivity index (χ1) is 12.8. The Kier molecular flexibility index (Phi) is 4.19. The predicted octanol–water partition coefficient (Wildman–Crippen LogP) is 4.48. The molecule has 0 amide bonds. The molecule has 2 aromatic heterocycles. The molecule has 5 nitrogen and oxygen atoms in total. The number of methoxy groups -OCH3 is 1. The number of hydrogen-bond donors (Lipinski definition) is 3. The summed E-state index contributed by atoms with van der Waals surface area (Å²) >= 11 is 0. The Labute approximate surface area is 151 Å². The van der Waals surface area contributed by atoms with Crippen molar-refractivity contribution < 1.29 is 9.84 Å². The quantitative estimate of drug-likeness (QED) is 0.499. The number of phenolic OH excluding ortho intramolecular Hbond substituents is 1. The second kappa shape index (κ2) is 6.80. The third-order valence-corrected chi connectivity index (χ3v) is 4.47. The van der Waals surface area contributed by atoms with E-state index in [4.69, 9.17) is 4.74 Å². The van der Waals surface area contributed by atoms with E-state index >= 15 is 0 Å². The molecule has 0 saturated heterocycles. The lowest BCUT2D eigenvalue weighted by Crippen LogP contribution is -2.12. The molecule has 0 bridgehead atoms. The number of pyridine rings is 1. The molecule has 1 atom stereocenters. The maximum atomic E-state index is 10.7. The third-order valence-electron chi connectivity index (χ3n) is 4.47. The summed E-state index contributed by atoms with van der Waals surface area (Å²) in [5, 5.41) is 15.3. The molecule has 26 heavy (non-hydrogen) atoms. The summed E-state index contributed by atoms with van der Waals surface area (Å²) in [5.74, 6) is 0.571. The van der Waals surface area contributed by atoms with Gasteiger partial charge in [-0.05, 0) is 24.3 Å². The van der Waals surface area contributed by atoms with Crippen LogP contribution in [0.15, 0.2) is 73.2 Å². The summed E-state index contributed by atoms with van der Waals surface area (Å²) < 4.78 is 5.29. The number of benzene rings is 2. The molecule has 0 saturated carbocycles. The number of aromatic hydroxyl groups is 1. The average molecular weight is 345 g/mol. The van der Waals surface area contributed by atoms with Gasteiger partial charge in [-0.25, -0.2) is 0 Å². The number of anilines is 1. The minimum atomic E-state index is -0.273. The Bertz CT molecular complexity index is 1030. The number of nitrogens with one attached hydrogen (secondary N) is 2. The molecule has 0 aliphatic carbocycles. The van der Waals surface area contributed by atoms with Gasteiger partial charge in [0.05, 0.1) is 18.8 Å². The summed E-state index contributed by atoms with van der Waals surface area (Å²) in [6.07, 6.45) is 5.46. The zero-order valence-electron chi connectivity index (χ0n) is 14.3. The summed E-state index contributed by atoms with van der Waals surface area (Å²) in [6.45, 7) is 0. The zero-order chi connectivity index (χ0) is 17.9. The van der Waals surface area contributed by atoms with Gasteiger partial charge in [0, 0.05) is 40.6 Å². The SMILES string of the molecule is COc1cccc(C(Nc2cccnc2)c2c[nH]c3ccccc23)c1O. The Morgan fingerprint density at radius 3 is 2.73 bits per heavy atom. The van der Waals surface area contributed by atoms with Gasteiger partial charge < -0.3 is 20.1 Å². The lowest BCUT2D eigenvalue weighted by molar-refractivity contribution is 0.370. The van der Waals surface area contributed by atoms with Crippen molar-refractivity contribution in [2.45, 2.75) is 6.04 Å². The van der Waals surface area contributed by atoms with Crippen molar-refractivity contribution in [3.63, 3.8) is 0 Å². The first kappa shape index (κ1) is 16.0. The number of fused-ring (bicyclic) bond motifs is 1. The number of nitrogens with zero attached hydrogens (tertiary/aromatic N) is 1. The predicted molar refractivity (Wildman–Crippen MR) is 103 cm³/mol. The van der Waals surface area contributed by atoms with Gasteiger partial charge in [0.1, 0.15) is 0 Å². The highest BCUT2D eigenvalue weighted by Crippen LogP contribution is 2.39. The number of para-hydroxylation sites is 2. The van der Waals surface area contributed by atoms with Gasteiger partial charge in [-0.2, -0.15) is 0 Å². The topological polar surface area (TPSA) is 70.2 Å². The Morgan fingerprint density at radius 2 is 1.92 bits per heavy atom. The van der Waals surface area contributed by atoms with Crippen molar-refractivity contribution in [1.82, 2.24) is 9.97 Å². The van der Waals surface area contributed by atoms with Gasteiger partial charge in [-0.15, -0.1) is 0 Å². The molecule has 0 aliphatic heterocycles. The second-order valence-electron chi connectivity index (χ2n) is 6.01. The smallest absolute Gasteiger partial charge is 0.163 e.